The van der Waals surface area contributed by atoms with Crippen LogP contribution in [0.2, 0.25) is 0 Å². The van der Waals surface area contributed by atoms with Crippen molar-refractivity contribution in [2.45, 2.75) is 65.2 Å². The highest BCUT2D eigenvalue weighted by molar-refractivity contribution is 7.85. The topological polar surface area (TPSA) is 82.1 Å². The summed E-state index contributed by atoms with van der Waals surface area (Å²) in [5.74, 6) is 0. The molecule has 1 amide bonds. The Balaban J connectivity index is 2.81. The zero-order chi connectivity index (χ0) is 16.3. The third-order valence-electron chi connectivity index (χ3n) is 2.86. The first-order valence-electron chi connectivity index (χ1n) is 7.12. The number of carbonyl (C=O) groups excluding carboxylic acids is 1. The minimum atomic E-state index is -4.12. The van der Waals surface area contributed by atoms with Gasteiger partial charge in [0.2, 0.25) is 0 Å². The fourth-order valence-electron chi connectivity index (χ4n) is 1.85. The summed E-state index contributed by atoms with van der Waals surface area (Å²) < 4.78 is 40.0. The Kier molecular flexibility index (Phi) is 6.01. The third kappa shape index (κ3) is 5.12. The van der Waals surface area contributed by atoms with E-state index in [1.807, 2.05) is 6.92 Å². The Labute approximate surface area is 126 Å². The highest BCUT2D eigenvalue weighted by Crippen LogP contribution is 2.27. The normalized spacial score (nSPS) is 25.1. The van der Waals surface area contributed by atoms with Crippen molar-refractivity contribution in [3.8, 4) is 0 Å². The molecule has 1 rings (SSSR count). The first-order chi connectivity index (χ1) is 9.58. The van der Waals surface area contributed by atoms with Gasteiger partial charge in [0.25, 0.3) is 0 Å². The molecule has 0 aromatic heterocycles. The second kappa shape index (κ2) is 6.93. The molecule has 0 radical (unpaired) electrons. The standard InChI is InChI=1S/C13H25NO6S/c1-6-7-8-18-9-11-10(2)20-21(16,17)14(11)12(15)19-13(3,4)5/h10-11H,6-9H2,1-5H3/t10-,11+/m0/s1. The first kappa shape index (κ1) is 18.2. The van der Waals surface area contributed by atoms with Crippen LogP contribution in [0.15, 0.2) is 0 Å². The molecule has 1 saturated heterocycles. The van der Waals surface area contributed by atoms with Crippen molar-refractivity contribution in [3.63, 3.8) is 0 Å². The number of carbonyl (C=O) groups is 1. The summed E-state index contributed by atoms with van der Waals surface area (Å²) in [6.07, 6.45) is 0.256. The highest BCUT2D eigenvalue weighted by atomic mass is 32.2. The predicted octanol–water partition coefficient (Wildman–Crippen LogP) is 2.07. The van der Waals surface area contributed by atoms with Crippen molar-refractivity contribution in [2.75, 3.05) is 13.2 Å². The van der Waals surface area contributed by atoms with Crippen LogP contribution < -0.4 is 0 Å². The van der Waals surface area contributed by atoms with E-state index >= 15 is 0 Å². The molecule has 0 aliphatic carbocycles. The molecule has 124 valence electrons. The van der Waals surface area contributed by atoms with Crippen LogP contribution in [0, 0.1) is 0 Å². The van der Waals surface area contributed by atoms with Gasteiger partial charge in [0.15, 0.2) is 0 Å². The summed E-state index contributed by atoms with van der Waals surface area (Å²) in [5.41, 5.74) is -0.786. The average Bonchev–Trinajstić information content (AvgIpc) is 2.51. The van der Waals surface area contributed by atoms with Gasteiger partial charge in [0.1, 0.15) is 17.7 Å². The molecule has 0 unspecified atom stereocenters. The molecule has 1 aliphatic rings. The number of rotatable bonds is 5. The molecular formula is C13H25NO6S. The summed E-state index contributed by atoms with van der Waals surface area (Å²) in [6.45, 7) is 9.25. The summed E-state index contributed by atoms with van der Waals surface area (Å²) in [7, 11) is -4.12. The van der Waals surface area contributed by atoms with Gasteiger partial charge in [-0.2, -0.15) is 12.7 Å². The van der Waals surface area contributed by atoms with Gasteiger partial charge in [-0.3, -0.25) is 0 Å². The van der Waals surface area contributed by atoms with E-state index in [1.165, 1.54) is 0 Å². The lowest BCUT2D eigenvalue weighted by Gasteiger charge is -2.26. The quantitative estimate of drug-likeness (QED) is 0.720. The van der Waals surface area contributed by atoms with Crippen LogP contribution in [0.1, 0.15) is 47.5 Å². The van der Waals surface area contributed by atoms with Crippen molar-refractivity contribution in [1.29, 1.82) is 0 Å². The summed E-state index contributed by atoms with van der Waals surface area (Å²) in [6, 6.07) is -0.707. The van der Waals surface area contributed by atoms with Crippen LogP contribution in [0.3, 0.4) is 0 Å². The van der Waals surface area contributed by atoms with Gasteiger partial charge in [-0.05, 0) is 34.1 Å². The minimum absolute atomic E-state index is 0.0969. The number of hydrogen-bond donors (Lipinski definition) is 0. The SMILES string of the molecule is CCCCOC[C@@H]1[C@H](C)OS(=O)(=O)N1C(=O)OC(C)(C)C. The Morgan fingerprint density at radius 3 is 2.48 bits per heavy atom. The molecule has 0 saturated carbocycles. The average molecular weight is 323 g/mol. The fourth-order valence-corrected chi connectivity index (χ4v) is 3.23. The maximum Gasteiger partial charge on any atom is 0.426 e. The van der Waals surface area contributed by atoms with Gasteiger partial charge >= 0.3 is 16.4 Å². The molecule has 0 N–H and O–H groups in total. The molecule has 0 aromatic carbocycles. The van der Waals surface area contributed by atoms with Crippen molar-refractivity contribution < 1.29 is 26.9 Å². The van der Waals surface area contributed by atoms with E-state index in [9.17, 15) is 13.2 Å². The third-order valence-corrected chi connectivity index (χ3v) is 4.31. The molecule has 1 aliphatic heterocycles. The molecule has 8 heteroatoms. The molecule has 0 bridgehead atoms. The molecular weight excluding hydrogens is 298 g/mol. The zero-order valence-electron chi connectivity index (χ0n) is 13.3. The van der Waals surface area contributed by atoms with Crippen LogP contribution in [0.4, 0.5) is 4.79 Å². The number of ether oxygens (including phenoxy) is 2. The van der Waals surface area contributed by atoms with Gasteiger partial charge in [-0.1, -0.05) is 13.3 Å². The Morgan fingerprint density at radius 1 is 1.33 bits per heavy atom. The number of hydrogen-bond acceptors (Lipinski definition) is 6. The molecule has 7 nitrogen and oxygen atoms in total. The smallest absolute Gasteiger partial charge is 0.426 e. The van der Waals surface area contributed by atoms with Gasteiger partial charge in [0.05, 0.1) is 6.61 Å². The van der Waals surface area contributed by atoms with E-state index in [1.54, 1.807) is 27.7 Å². The van der Waals surface area contributed by atoms with E-state index in [0.717, 1.165) is 12.8 Å². The first-order valence-corrected chi connectivity index (χ1v) is 8.48. The van der Waals surface area contributed by atoms with Crippen LogP contribution in [0.5, 0.6) is 0 Å². The molecule has 21 heavy (non-hydrogen) atoms. The van der Waals surface area contributed by atoms with Crippen molar-refractivity contribution in [2.24, 2.45) is 0 Å². The Hall–Kier alpha value is -0.860. The summed E-state index contributed by atoms with van der Waals surface area (Å²) >= 11 is 0. The Bertz CT molecular complexity index is 456. The van der Waals surface area contributed by atoms with Gasteiger partial charge in [-0.25, -0.2) is 8.98 Å². The molecule has 1 heterocycles. The molecule has 2 atom stereocenters. The molecule has 0 aromatic rings. The van der Waals surface area contributed by atoms with E-state index in [-0.39, 0.29) is 6.61 Å². The predicted molar refractivity (Wildman–Crippen MR) is 77.1 cm³/mol. The second-order valence-electron chi connectivity index (χ2n) is 6.03. The highest BCUT2D eigenvalue weighted by Gasteiger charge is 2.49. The summed E-state index contributed by atoms with van der Waals surface area (Å²) in [5, 5.41) is 0. The number of amides is 1. The zero-order valence-corrected chi connectivity index (χ0v) is 14.1. The van der Waals surface area contributed by atoms with Crippen LogP contribution in [0.25, 0.3) is 0 Å². The molecule has 1 fully saturated rings. The number of nitrogens with zero attached hydrogens (tertiary/aromatic N) is 1. The second-order valence-corrected chi connectivity index (χ2v) is 7.47. The Morgan fingerprint density at radius 2 is 1.95 bits per heavy atom. The maximum absolute atomic E-state index is 12.1. The van der Waals surface area contributed by atoms with E-state index in [2.05, 4.69) is 0 Å². The van der Waals surface area contributed by atoms with Gasteiger partial charge in [0, 0.05) is 6.61 Å². The van der Waals surface area contributed by atoms with Gasteiger partial charge < -0.3 is 9.47 Å². The van der Waals surface area contributed by atoms with Crippen molar-refractivity contribution >= 4 is 16.4 Å². The lowest BCUT2D eigenvalue weighted by atomic mass is 10.2. The van der Waals surface area contributed by atoms with Crippen LogP contribution in [-0.4, -0.2) is 49.8 Å². The monoisotopic (exact) mass is 323 g/mol. The largest absolute Gasteiger partial charge is 0.443 e. The minimum Gasteiger partial charge on any atom is -0.443 e. The van der Waals surface area contributed by atoms with E-state index in [0.29, 0.717) is 10.9 Å². The van der Waals surface area contributed by atoms with E-state index in [4.69, 9.17) is 13.7 Å². The number of unbranched alkanes of at least 4 members (excludes halogenated alkanes) is 1. The fraction of sp³-hybridized carbons (Fsp3) is 0.923. The summed E-state index contributed by atoms with van der Waals surface area (Å²) in [4.78, 5) is 12.1. The lowest BCUT2D eigenvalue weighted by Crippen LogP contribution is -2.46. The maximum atomic E-state index is 12.1. The van der Waals surface area contributed by atoms with Crippen LogP contribution in [-0.2, 0) is 24.0 Å². The van der Waals surface area contributed by atoms with Gasteiger partial charge in [-0.15, -0.1) is 0 Å². The van der Waals surface area contributed by atoms with Crippen molar-refractivity contribution in [3.05, 3.63) is 0 Å². The molecule has 0 spiro atoms. The van der Waals surface area contributed by atoms with Crippen LogP contribution >= 0.6 is 0 Å². The van der Waals surface area contributed by atoms with E-state index < -0.39 is 34.1 Å². The lowest BCUT2D eigenvalue weighted by molar-refractivity contribution is 0.0199. The van der Waals surface area contributed by atoms with Crippen molar-refractivity contribution in [1.82, 2.24) is 4.31 Å².